The number of aryl methyl sites for hydroxylation is 2. The summed E-state index contributed by atoms with van der Waals surface area (Å²) in [6.45, 7) is 6.40. The molecule has 1 unspecified atom stereocenters. The molecule has 5 nitrogen and oxygen atoms in total. The first-order valence-electron chi connectivity index (χ1n) is 6.01. The second-order valence-electron chi connectivity index (χ2n) is 4.44. The molecule has 5 heteroatoms. The van der Waals surface area contributed by atoms with Gasteiger partial charge < -0.3 is 11.1 Å². The first-order chi connectivity index (χ1) is 7.96. The van der Waals surface area contributed by atoms with E-state index >= 15 is 0 Å². The van der Waals surface area contributed by atoms with Crippen LogP contribution in [0.3, 0.4) is 0 Å². The minimum absolute atomic E-state index is 0.365. The summed E-state index contributed by atoms with van der Waals surface area (Å²) in [6, 6.07) is 2.08. The Balaban J connectivity index is 3.00. The number of nitrogens with one attached hydrogen (secondary N) is 1. The van der Waals surface area contributed by atoms with Gasteiger partial charge >= 0.3 is 0 Å². The highest BCUT2D eigenvalue weighted by molar-refractivity contribution is 5.84. The average molecular weight is 238 g/mol. The number of primary amides is 1. The Morgan fingerprint density at radius 3 is 2.59 bits per heavy atom. The maximum atomic E-state index is 11.5. The fourth-order valence-electron chi connectivity index (χ4n) is 1.69. The zero-order valence-electron chi connectivity index (χ0n) is 11.1. The van der Waals surface area contributed by atoms with Crippen molar-refractivity contribution in [3.8, 4) is 0 Å². The molecule has 3 N–H and O–H groups in total. The number of rotatable bonds is 6. The number of hydrogen-bond donors (Lipinski definition) is 2. The molecule has 1 heterocycles. The van der Waals surface area contributed by atoms with Crippen LogP contribution in [0.25, 0.3) is 0 Å². The largest absolute Gasteiger partial charge is 0.368 e. The van der Waals surface area contributed by atoms with Crippen molar-refractivity contribution in [1.29, 1.82) is 0 Å². The summed E-state index contributed by atoms with van der Waals surface area (Å²) in [5.41, 5.74) is 6.83. The topological polar surface area (TPSA) is 72.9 Å². The van der Waals surface area contributed by atoms with Gasteiger partial charge in [0.25, 0.3) is 0 Å². The highest BCUT2D eigenvalue weighted by Gasteiger charge is 2.30. The summed E-state index contributed by atoms with van der Waals surface area (Å²) in [5, 5.41) is 7.45. The van der Waals surface area contributed by atoms with Gasteiger partial charge in [0.05, 0.1) is 12.2 Å². The second kappa shape index (κ2) is 5.31. The summed E-state index contributed by atoms with van der Waals surface area (Å²) >= 11 is 0. The molecule has 0 bridgehead atoms. The van der Waals surface area contributed by atoms with Crippen molar-refractivity contribution < 1.29 is 4.79 Å². The molecule has 1 amide bonds. The summed E-state index contributed by atoms with van der Waals surface area (Å²) in [7, 11) is 1.74. The molecule has 0 spiro atoms. The minimum Gasteiger partial charge on any atom is -0.368 e. The van der Waals surface area contributed by atoms with Gasteiger partial charge in [0.2, 0.25) is 5.91 Å². The zero-order chi connectivity index (χ0) is 13.1. The molecule has 0 aliphatic rings. The van der Waals surface area contributed by atoms with Crippen LogP contribution in [-0.4, -0.2) is 28.3 Å². The lowest BCUT2D eigenvalue weighted by molar-refractivity contribution is -0.124. The van der Waals surface area contributed by atoms with Crippen LogP contribution in [0.2, 0.25) is 0 Å². The second-order valence-corrected chi connectivity index (χ2v) is 4.44. The molecule has 1 atom stereocenters. The lowest BCUT2D eigenvalue weighted by atomic mass is 10.0. The standard InChI is InChI=1S/C12H22N4O/c1-5-9-7-10(6-2)16(15-9)8-12(3,14-4)11(13)17/h7,14H,5-6,8H2,1-4H3,(H2,13,17). The number of likely N-dealkylation sites (N-methyl/N-ethyl adjacent to an activating group) is 1. The van der Waals surface area contributed by atoms with Gasteiger partial charge in [-0.05, 0) is 32.9 Å². The van der Waals surface area contributed by atoms with E-state index in [4.69, 9.17) is 5.73 Å². The van der Waals surface area contributed by atoms with E-state index in [1.807, 2.05) is 4.68 Å². The van der Waals surface area contributed by atoms with Gasteiger partial charge in [-0.15, -0.1) is 0 Å². The number of carbonyl (C=O) groups is 1. The van der Waals surface area contributed by atoms with Gasteiger partial charge in [0, 0.05) is 5.69 Å². The van der Waals surface area contributed by atoms with E-state index in [1.54, 1.807) is 14.0 Å². The van der Waals surface area contributed by atoms with Gasteiger partial charge in [0.1, 0.15) is 5.54 Å². The van der Waals surface area contributed by atoms with Crippen molar-refractivity contribution in [2.24, 2.45) is 5.73 Å². The summed E-state index contributed by atoms with van der Waals surface area (Å²) in [5.74, 6) is -0.365. The molecular weight excluding hydrogens is 216 g/mol. The third-order valence-electron chi connectivity index (χ3n) is 3.20. The monoisotopic (exact) mass is 238 g/mol. The lowest BCUT2D eigenvalue weighted by Crippen LogP contribution is -2.54. The van der Waals surface area contributed by atoms with E-state index in [9.17, 15) is 4.79 Å². The lowest BCUT2D eigenvalue weighted by Gasteiger charge is -2.26. The Labute approximate surface area is 102 Å². The van der Waals surface area contributed by atoms with E-state index in [-0.39, 0.29) is 5.91 Å². The molecule has 0 saturated carbocycles. The Kier molecular flexibility index (Phi) is 4.28. The van der Waals surface area contributed by atoms with Crippen molar-refractivity contribution in [2.75, 3.05) is 7.05 Å². The van der Waals surface area contributed by atoms with Gasteiger partial charge in [-0.25, -0.2) is 0 Å². The van der Waals surface area contributed by atoms with E-state index in [0.717, 1.165) is 24.2 Å². The molecule has 17 heavy (non-hydrogen) atoms. The van der Waals surface area contributed by atoms with Crippen LogP contribution in [0.15, 0.2) is 6.07 Å². The first-order valence-corrected chi connectivity index (χ1v) is 6.01. The van der Waals surface area contributed by atoms with Gasteiger partial charge in [-0.2, -0.15) is 5.10 Å². The van der Waals surface area contributed by atoms with Gasteiger partial charge in [-0.3, -0.25) is 9.48 Å². The zero-order valence-corrected chi connectivity index (χ0v) is 11.1. The molecule has 0 fully saturated rings. The van der Waals surface area contributed by atoms with Crippen molar-refractivity contribution in [3.63, 3.8) is 0 Å². The predicted molar refractivity (Wildman–Crippen MR) is 67.6 cm³/mol. The van der Waals surface area contributed by atoms with E-state index in [0.29, 0.717) is 6.54 Å². The predicted octanol–water partition coefficient (Wildman–Crippen LogP) is 0.471. The smallest absolute Gasteiger partial charge is 0.239 e. The van der Waals surface area contributed by atoms with Crippen molar-refractivity contribution in [2.45, 2.75) is 45.7 Å². The normalized spacial score (nSPS) is 14.6. The number of hydrogen-bond acceptors (Lipinski definition) is 3. The fraction of sp³-hybridized carbons (Fsp3) is 0.667. The van der Waals surface area contributed by atoms with E-state index in [2.05, 4.69) is 30.3 Å². The van der Waals surface area contributed by atoms with Crippen molar-refractivity contribution in [1.82, 2.24) is 15.1 Å². The first kappa shape index (κ1) is 13.7. The molecule has 1 aromatic rings. The Hall–Kier alpha value is -1.36. The third-order valence-corrected chi connectivity index (χ3v) is 3.20. The van der Waals surface area contributed by atoms with Crippen molar-refractivity contribution in [3.05, 3.63) is 17.5 Å². The van der Waals surface area contributed by atoms with Crippen LogP contribution in [-0.2, 0) is 24.2 Å². The molecule has 0 saturated heterocycles. The average Bonchev–Trinajstić information content (AvgIpc) is 2.70. The number of nitrogens with two attached hydrogens (primary N) is 1. The van der Waals surface area contributed by atoms with E-state index < -0.39 is 5.54 Å². The van der Waals surface area contributed by atoms with Gasteiger partial charge in [0.15, 0.2) is 0 Å². The Bertz CT molecular complexity index is 399. The highest BCUT2D eigenvalue weighted by atomic mass is 16.1. The van der Waals surface area contributed by atoms with Crippen LogP contribution >= 0.6 is 0 Å². The summed E-state index contributed by atoms with van der Waals surface area (Å²) in [6.07, 6.45) is 1.79. The molecule has 0 radical (unpaired) electrons. The number of nitrogens with zero attached hydrogens (tertiary/aromatic N) is 2. The SMILES string of the molecule is CCc1cc(CC)n(CC(C)(NC)C(N)=O)n1. The minimum atomic E-state index is -0.763. The molecular formula is C12H22N4O. The van der Waals surface area contributed by atoms with Crippen LogP contribution in [0.1, 0.15) is 32.2 Å². The molecule has 0 aliphatic heterocycles. The molecule has 1 rings (SSSR count). The highest BCUT2D eigenvalue weighted by Crippen LogP contribution is 2.12. The van der Waals surface area contributed by atoms with E-state index in [1.165, 1.54) is 0 Å². The molecule has 0 aliphatic carbocycles. The molecule has 96 valence electrons. The summed E-state index contributed by atoms with van der Waals surface area (Å²) in [4.78, 5) is 11.5. The van der Waals surface area contributed by atoms with Crippen LogP contribution in [0.5, 0.6) is 0 Å². The van der Waals surface area contributed by atoms with Crippen LogP contribution < -0.4 is 11.1 Å². The summed E-state index contributed by atoms with van der Waals surface area (Å²) < 4.78 is 1.88. The number of carbonyl (C=O) groups excluding carboxylic acids is 1. The van der Waals surface area contributed by atoms with Gasteiger partial charge in [-0.1, -0.05) is 13.8 Å². The quantitative estimate of drug-likeness (QED) is 0.756. The third kappa shape index (κ3) is 2.85. The fourth-order valence-corrected chi connectivity index (χ4v) is 1.69. The maximum Gasteiger partial charge on any atom is 0.239 e. The molecule has 1 aromatic heterocycles. The maximum absolute atomic E-state index is 11.5. The Morgan fingerprint density at radius 1 is 1.53 bits per heavy atom. The Morgan fingerprint density at radius 2 is 2.18 bits per heavy atom. The number of amides is 1. The van der Waals surface area contributed by atoms with Crippen LogP contribution in [0, 0.1) is 0 Å². The van der Waals surface area contributed by atoms with Crippen LogP contribution in [0.4, 0.5) is 0 Å². The number of aromatic nitrogens is 2. The van der Waals surface area contributed by atoms with Crippen molar-refractivity contribution >= 4 is 5.91 Å². The molecule has 0 aromatic carbocycles.